The van der Waals surface area contributed by atoms with Crippen molar-refractivity contribution in [2.45, 2.75) is 51.5 Å². The van der Waals surface area contributed by atoms with Crippen molar-refractivity contribution in [3.05, 3.63) is 94.9 Å². The minimum absolute atomic E-state index is 0.0988. The Morgan fingerprint density at radius 1 is 1.27 bits per heavy atom. The number of hydrogen-bond acceptors (Lipinski definition) is 5. The minimum Gasteiger partial charge on any atom is -0.393 e. The molecule has 1 aromatic rings. The molecule has 1 amide bonds. The van der Waals surface area contributed by atoms with Crippen LogP contribution in [0.5, 0.6) is 0 Å². The van der Waals surface area contributed by atoms with Crippen molar-refractivity contribution >= 4 is 17.4 Å². The maximum Gasteiger partial charge on any atom is 0.288 e. The lowest BCUT2D eigenvalue weighted by molar-refractivity contribution is -0.124. The first-order valence-corrected chi connectivity index (χ1v) is 12.9. The fourth-order valence-electron chi connectivity index (χ4n) is 4.11. The van der Waals surface area contributed by atoms with Gasteiger partial charge in [-0.25, -0.2) is 4.39 Å². The summed E-state index contributed by atoms with van der Waals surface area (Å²) in [4.78, 5) is 31.1. The molecule has 1 aromatic carbocycles. The second-order valence-corrected chi connectivity index (χ2v) is 9.38. The number of nitrogens with one attached hydrogen (secondary N) is 1. The first-order chi connectivity index (χ1) is 19.0. The number of rotatable bonds is 11. The molecule has 0 aromatic heterocycles. The summed E-state index contributed by atoms with van der Waals surface area (Å²) in [7, 11) is 1.43. The highest BCUT2D eigenvalue weighted by molar-refractivity contribution is 6.26. The van der Waals surface area contributed by atoms with Gasteiger partial charge >= 0.3 is 0 Å². The highest BCUT2D eigenvalue weighted by Gasteiger charge is 2.31. The highest BCUT2D eigenvalue weighted by atomic mass is 19.3. The van der Waals surface area contributed by atoms with Gasteiger partial charge in [-0.15, -0.1) is 0 Å². The number of nitriles is 1. The SMILES string of the molecule is C/C=C/C(F)(F)/C1=C/C=C(C(/C=C(/C(=O)N[C@@H](C#N)CO)C(=O)C(C)C(C)c2cccc(F)c2)=N/C)\C=C/CC1. The van der Waals surface area contributed by atoms with E-state index in [2.05, 4.69) is 10.3 Å². The molecule has 212 valence electrons. The second kappa shape index (κ2) is 14.9. The second-order valence-electron chi connectivity index (χ2n) is 9.38. The maximum absolute atomic E-state index is 14.6. The van der Waals surface area contributed by atoms with Crippen LogP contribution in [0.2, 0.25) is 0 Å². The van der Waals surface area contributed by atoms with Gasteiger partial charge in [0.05, 0.1) is 24.0 Å². The predicted octanol–water partition coefficient (Wildman–Crippen LogP) is 5.55. The summed E-state index contributed by atoms with van der Waals surface area (Å²) in [6, 6.07) is 6.27. The van der Waals surface area contributed by atoms with E-state index >= 15 is 0 Å². The van der Waals surface area contributed by atoms with Crippen molar-refractivity contribution in [2.24, 2.45) is 10.9 Å². The van der Waals surface area contributed by atoms with Crippen LogP contribution in [0.25, 0.3) is 0 Å². The number of Topliss-reactive ketones (excluding diaryl/α,β-unsaturated/α-hetero) is 1. The van der Waals surface area contributed by atoms with Crippen LogP contribution in [-0.4, -0.2) is 48.1 Å². The lowest BCUT2D eigenvalue weighted by Gasteiger charge is -2.21. The molecular weight excluding hydrogens is 519 g/mol. The first-order valence-electron chi connectivity index (χ1n) is 12.9. The number of carbonyl (C=O) groups excluding carboxylic acids is 2. The largest absolute Gasteiger partial charge is 0.393 e. The molecular formula is C31H34F3N3O3. The van der Waals surface area contributed by atoms with E-state index in [1.807, 2.05) is 0 Å². The molecule has 0 fully saturated rings. The molecule has 0 aliphatic heterocycles. The topological polar surface area (TPSA) is 103 Å². The van der Waals surface area contributed by atoms with Crippen molar-refractivity contribution in [3.63, 3.8) is 0 Å². The predicted molar refractivity (Wildman–Crippen MR) is 149 cm³/mol. The van der Waals surface area contributed by atoms with Crippen molar-refractivity contribution in [1.29, 1.82) is 5.26 Å². The number of halogens is 3. The number of aliphatic hydroxyl groups excluding tert-OH is 1. The third kappa shape index (κ3) is 8.48. The van der Waals surface area contributed by atoms with Gasteiger partial charge in [0.2, 0.25) is 0 Å². The molecule has 2 unspecified atom stereocenters. The number of hydrogen-bond donors (Lipinski definition) is 2. The Bertz CT molecular complexity index is 1320. The number of carbonyl (C=O) groups is 2. The monoisotopic (exact) mass is 553 g/mol. The molecule has 1 aliphatic rings. The summed E-state index contributed by atoms with van der Waals surface area (Å²) in [5, 5.41) is 20.9. The van der Waals surface area contributed by atoms with Gasteiger partial charge in [-0.3, -0.25) is 14.6 Å². The summed E-state index contributed by atoms with van der Waals surface area (Å²) in [6.45, 7) is 4.17. The molecule has 6 nitrogen and oxygen atoms in total. The number of aliphatic imine (C=N–C) groups is 1. The van der Waals surface area contributed by atoms with E-state index in [9.17, 15) is 33.1 Å². The Hall–Kier alpha value is -4.03. The smallest absolute Gasteiger partial charge is 0.288 e. The van der Waals surface area contributed by atoms with Gasteiger partial charge in [0.15, 0.2) is 5.78 Å². The Morgan fingerprint density at radius 3 is 2.60 bits per heavy atom. The number of nitrogens with zero attached hydrogens (tertiary/aromatic N) is 2. The summed E-state index contributed by atoms with van der Waals surface area (Å²) in [5.41, 5.74) is 0.674. The van der Waals surface area contributed by atoms with Crippen molar-refractivity contribution < 1.29 is 27.9 Å². The molecule has 0 saturated heterocycles. The molecule has 2 N–H and O–H groups in total. The molecule has 3 atom stereocenters. The van der Waals surface area contributed by atoms with Crippen LogP contribution in [0, 0.1) is 23.1 Å². The molecule has 0 heterocycles. The lowest BCUT2D eigenvalue weighted by atomic mass is 9.83. The summed E-state index contributed by atoms with van der Waals surface area (Å²) >= 11 is 0. The van der Waals surface area contributed by atoms with Crippen LogP contribution in [0.3, 0.4) is 0 Å². The maximum atomic E-state index is 14.6. The van der Waals surface area contributed by atoms with Gasteiger partial charge in [-0.1, -0.05) is 56.4 Å². The van der Waals surface area contributed by atoms with Crippen LogP contribution in [-0.2, 0) is 9.59 Å². The Balaban J connectivity index is 2.57. The number of allylic oxidation sites excluding steroid dienone is 9. The van der Waals surface area contributed by atoms with Gasteiger partial charge in [0.1, 0.15) is 11.9 Å². The highest BCUT2D eigenvalue weighted by Crippen LogP contribution is 2.31. The third-order valence-electron chi connectivity index (χ3n) is 6.66. The fraction of sp³-hybridized carbons (Fsp3) is 0.355. The third-order valence-corrected chi connectivity index (χ3v) is 6.66. The number of amides is 1. The van der Waals surface area contributed by atoms with Gasteiger partial charge in [0, 0.05) is 18.5 Å². The van der Waals surface area contributed by atoms with E-state index in [0.717, 1.165) is 6.08 Å². The summed E-state index contributed by atoms with van der Waals surface area (Å²) in [5.74, 6) is -6.38. The van der Waals surface area contributed by atoms with E-state index in [1.54, 1.807) is 38.1 Å². The van der Waals surface area contributed by atoms with E-state index in [1.165, 1.54) is 56.5 Å². The van der Waals surface area contributed by atoms with Crippen molar-refractivity contribution in [1.82, 2.24) is 5.32 Å². The first kappa shape index (κ1) is 32.2. The zero-order valence-corrected chi connectivity index (χ0v) is 23.0. The standard InChI is InChI=1S/C31H34F3N3O3/c1-5-15-31(33,34)24-11-7-6-9-22(13-14-24)28(36-4)17-27(30(40)37-26(18-35)19-38)29(39)21(3)20(2)23-10-8-12-25(32)16-23/h5-6,8-10,12-17,20-21,26,38H,7,11,19H2,1-4H3,(H,37,40)/b9-6-,15-5+,22-13+,24-14+,27-17+,36-28+/t20?,21?,26-/m0/s1. The van der Waals surface area contributed by atoms with Crippen LogP contribution >= 0.6 is 0 Å². The van der Waals surface area contributed by atoms with Gasteiger partial charge in [0.25, 0.3) is 11.8 Å². The van der Waals surface area contributed by atoms with E-state index < -0.39 is 47.9 Å². The lowest BCUT2D eigenvalue weighted by Crippen LogP contribution is -2.40. The average molecular weight is 554 g/mol. The van der Waals surface area contributed by atoms with Gasteiger partial charge < -0.3 is 10.4 Å². The van der Waals surface area contributed by atoms with Gasteiger partial charge in [-0.05, 0) is 61.1 Å². The number of ketones is 1. The number of aliphatic hydroxyl groups is 1. The normalized spacial score (nSPS) is 20.6. The van der Waals surface area contributed by atoms with Crippen LogP contribution in [0.15, 0.2) is 88.5 Å². The van der Waals surface area contributed by atoms with Crippen LogP contribution in [0.4, 0.5) is 13.2 Å². The summed E-state index contributed by atoms with van der Waals surface area (Å²) < 4.78 is 42.9. The van der Waals surface area contributed by atoms with Crippen LogP contribution in [0.1, 0.15) is 45.1 Å². The Morgan fingerprint density at radius 2 is 2.00 bits per heavy atom. The van der Waals surface area contributed by atoms with Crippen molar-refractivity contribution in [2.75, 3.05) is 13.7 Å². The minimum atomic E-state index is -3.14. The molecule has 0 saturated carbocycles. The Kier molecular flexibility index (Phi) is 12.0. The zero-order chi connectivity index (χ0) is 29.9. The average Bonchev–Trinajstić information content (AvgIpc) is 2.91. The molecule has 0 bridgehead atoms. The molecule has 2 rings (SSSR count). The molecule has 1 aliphatic carbocycles. The van der Waals surface area contributed by atoms with Crippen molar-refractivity contribution in [3.8, 4) is 6.07 Å². The van der Waals surface area contributed by atoms with E-state index in [4.69, 9.17) is 0 Å². The molecule has 40 heavy (non-hydrogen) atoms. The van der Waals surface area contributed by atoms with E-state index in [-0.39, 0.29) is 23.3 Å². The van der Waals surface area contributed by atoms with Crippen LogP contribution < -0.4 is 5.32 Å². The zero-order valence-electron chi connectivity index (χ0n) is 23.0. The van der Waals surface area contributed by atoms with E-state index in [0.29, 0.717) is 17.6 Å². The fourth-order valence-corrected chi connectivity index (χ4v) is 4.11. The summed E-state index contributed by atoms with van der Waals surface area (Å²) in [6.07, 6.45) is 9.97. The number of benzene rings is 1. The molecule has 0 spiro atoms. The van der Waals surface area contributed by atoms with Gasteiger partial charge in [-0.2, -0.15) is 14.0 Å². The molecule has 0 radical (unpaired) electrons. The Labute approximate surface area is 233 Å². The quantitative estimate of drug-likeness (QED) is 0.123. The molecule has 9 heteroatoms. The number of alkyl halides is 2.